The maximum absolute atomic E-state index is 6.40. The summed E-state index contributed by atoms with van der Waals surface area (Å²) < 4.78 is 0. The zero-order valence-electron chi connectivity index (χ0n) is 18.6. The third-order valence-corrected chi connectivity index (χ3v) is 6.90. The number of rotatable bonds is 7. The van der Waals surface area contributed by atoms with E-state index in [9.17, 15) is 0 Å². The van der Waals surface area contributed by atoms with Crippen LogP contribution in [0.1, 0.15) is 25.0 Å². The van der Waals surface area contributed by atoms with Gasteiger partial charge >= 0.3 is 0 Å². The topological polar surface area (TPSA) is 67.1 Å². The minimum absolute atomic E-state index is 0.389. The van der Waals surface area contributed by atoms with Crippen LogP contribution in [0.5, 0.6) is 0 Å². The van der Waals surface area contributed by atoms with Crippen LogP contribution < -0.4 is 11.1 Å². The maximum atomic E-state index is 6.40. The summed E-state index contributed by atoms with van der Waals surface area (Å²) in [7, 11) is 0. The van der Waals surface area contributed by atoms with Crippen molar-refractivity contribution in [3.63, 3.8) is 0 Å². The molecule has 1 aliphatic heterocycles. The van der Waals surface area contributed by atoms with Gasteiger partial charge in [0.25, 0.3) is 0 Å². The van der Waals surface area contributed by atoms with Crippen LogP contribution in [0.25, 0.3) is 11.3 Å². The third-order valence-electron chi connectivity index (χ3n) is 5.68. The Morgan fingerprint density at radius 1 is 1.06 bits per heavy atom. The summed E-state index contributed by atoms with van der Waals surface area (Å²) in [4.78, 5) is 11.6. The van der Waals surface area contributed by atoms with E-state index >= 15 is 0 Å². The lowest BCUT2D eigenvalue weighted by Crippen LogP contribution is -2.34. The predicted molar refractivity (Wildman–Crippen MR) is 137 cm³/mol. The largest absolute Gasteiger partial charge is 0.324 e. The minimum atomic E-state index is -0.389. The Bertz CT molecular complexity index is 1030. The summed E-state index contributed by atoms with van der Waals surface area (Å²) >= 11 is 8.45. The van der Waals surface area contributed by atoms with E-state index < -0.39 is 0 Å². The number of thioether (sulfide) groups is 1. The molecule has 5 nitrogen and oxygen atoms in total. The number of benzene rings is 2. The van der Waals surface area contributed by atoms with Crippen LogP contribution in [0.15, 0.2) is 54.7 Å². The molecule has 7 heteroatoms. The number of hydrogen-bond acceptors (Lipinski definition) is 6. The van der Waals surface area contributed by atoms with E-state index in [-0.39, 0.29) is 5.54 Å². The van der Waals surface area contributed by atoms with Gasteiger partial charge in [-0.3, -0.25) is 0 Å². The lowest BCUT2D eigenvalue weighted by atomic mass is 9.94. The molecule has 2 aromatic carbocycles. The SMILES string of the molecule is CC(C)(N)c1ccc(-c2nc(Nc3ccc(CCN4CCSCC4)cc3)ncc2Cl)cc1. The van der Waals surface area contributed by atoms with Gasteiger partial charge in [-0.1, -0.05) is 48.0 Å². The smallest absolute Gasteiger partial charge is 0.227 e. The first-order valence-corrected chi connectivity index (χ1v) is 12.5. The van der Waals surface area contributed by atoms with E-state index in [4.69, 9.17) is 17.3 Å². The van der Waals surface area contributed by atoms with E-state index in [0.717, 1.165) is 29.8 Å². The molecule has 0 spiro atoms. The van der Waals surface area contributed by atoms with Crippen molar-refractivity contribution in [2.75, 3.05) is 36.5 Å². The molecule has 32 heavy (non-hydrogen) atoms. The Balaban J connectivity index is 1.42. The Hall–Kier alpha value is -2.12. The van der Waals surface area contributed by atoms with E-state index in [0.29, 0.717) is 16.7 Å². The molecule has 1 fully saturated rings. The average Bonchev–Trinajstić information content (AvgIpc) is 2.80. The van der Waals surface area contributed by atoms with E-state index in [1.165, 1.54) is 30.2 Å². The molecule has 0 amide bonds. The van der Waals surface area contributed by atoms with Crippen molar-refractivity contribution in [2.45, 2.75) is 25.8 Å². The zero-order valence-corrected chi connectivity index (χ0v) is 20.2. The molecule has 1 aromatic heterocycles. The van der Waals surface area contributed by atoms with Crippen molar-refractivity contribution in [3.05, 3.63) is 70.9 Å². The fourth-order valence-electron chi connectivity index (χ4n) is 3.68. The zero-order chi connectivity index (χ0) is 22.6. The van der Waals surface area contributed by atoms with Gasteiger partial charge in [0.1, 0.15) is 0 Å². The van der Waals surface area contributed by atoms with Gasteiger partial charge in [0.05, 0.1) is 16.9 Å². The summed E-state index contributed by atoms with van der Waals surface area (Å²) in [5.41, 5.74) is 10.8. The fourth-order valence-corrected chi connectivity index (χ4v) is 4.86. The Kier molecular flexibility index (Phi) is 7.36. The van der Waals surface area contributed by atoms with Crippen LogP contribution in [0, 0.1) is 0 Å². The van der Waals surface area contributed by atoms with Gasteiger partial charge in [0.2, 0.25) is 5.95 Å². The van der Waals surface area contributed by atoms with Crippen LogP contribution in [0.4, 0.5) is 11.6 Å². The van der Waals surface area contributed by atoms with Crippen molar-refractivity contribution in [1.29, 1.82) is 0 Å². The third kappa shape index (κ3) is 6.01. The van der Waals surface area contributed by atoms with Gasteiger partial charge in [0, 0.05) is 47.9 Å². The monoisotopic (exact) mass is 467 g/mol. The highest BCUT2D eigenvalue weighted by Gasteiger charge is 2.15. The molecule has 3 aromatic rings. The van der Waals surface area contributed by atoms with E-state index in [2.05, 4.69) is 44.5 Å². The normalized spacial score (nSPS) is 15.0. The average molecular weight is 468 g/mol. The van der Waals surface area contributed by atoms with Gasteiger partial charge in [-0.2, -0.15) is 11.8 Å². The molecule has 0 saturated carbocycles. The first kappa shape index (κ1) is 23.1. The van der Waals surface area contributed by atoms with Crippen LogP contribution in [0.2, 0.25) is 5.02 Å². The standard InChI is InChI=1S/C25H30ClN5S/c1-25(2,27)20-7-5-19(6-8-20)23-22(26)17-28-24(30-23)29-21-9-3-18(4-10-21)11-12-31-13-15-32-16-14-31/h3-10,17H,11-16,27H2,1-2H3,(H,28,29,30). The van der Waals surface area contributed by atoms with Crippen molar-refractivity contribution in [1.82, 2.24) is 14.9 Å². The summed E-state index contributed by atoms with van der Waals surface area (Å²) in [5.74, 6) is 3.02. The van der Waals surface area contributed by atoms with Crippen molar-refractivity contribution >= 4 is 35.0 Å². The fraction of sp³-hybridized carbons (Fsp3) is 0.360. The van der Waals surface area contributed by atoms with E-state index in [1.807, 2.05) is 49.9 Å². The molecule has 168 valence electrons. The Labute approximate surface area is 199 Å². The highest BCUT2D eigenvalue weighted by molar-refractivity contribution is 7.99. The second kappa shape index (κ2) is 10.2. The molecule has 0 atom stereocenters. The molecule has 1 saturated heterocycles. The summed E-state index contributed by atoms with van der Waals surface area (Å²) in [5, 5.41) is 3.81. The first-order valence-electron chi connectivity index (χ1n) is 11.0. The first-order chi connectivity index (χ1) is 15.4. The van der Waals surface area contributed by atoms with Crippen LogP contribution in [-0.4, -0.2) is 46.0 Å². The lowest BCUT2D eigenvalue weighted by Gasteiger charge is -2.26. The van der Waals surface area contributed by atoms with Gasteiger partial charge in [-0.15, -0.1) is 0 Å². The molecule has 0 bridgehead atoms. The number of hydrogen-bond donors (Lipinski definition) is 2. The number of nitrogens with one attached hydrogen (secondary N) is 1. The molecule has 2 heterocycles. The number of anilines is 2. The Morgan fingerprint density at radius 2 is 1.75 bits per heavy atom. The second-order valence-corrected chi connectivity index (χ2v) is 10.3. The van der Waals surface area contributed by atoms with Crippen molar-refractivity contribution in [2.24, 2.45) is 5.73 Å². The molecular formula is C25H30ClN5S. The summed E-state index contributed by atoms with van der Waals surface area (Å²) in [6.07, 6.45) is 2.71. The molecule has 0 aliphatic carbocycles. The van der Waals surface area contributed by atoms with E-state index in [1.54, 1.807) is 6.20 Å². The van der Waals surface area contributed by atoms with Gasteiger partial charge in [0.15, 0.2) is 0 Å². The van der Waals surface area contributed by atoms with Gasteiger partial charge < -0.3 is 16.0 Å². The molecule has 3 N–H and O–H groups in total. The summed E-state index contributed by atoms with van der Waals surface area (Å²) in [6.45, 7) is 7.50. The van der Waals surface area contributed by atoms with Crippen LogP contribution in [0.3, 0.4) is 0 Å². The maximum Gasteiger partial charge on any atom is 0.227 e. The van der Waals surface area contributed by atoms with Gasteiger partial charge in [-0.05, 0) is 43.5 Å². The van der Waals surface area contributed by atoms with Gasteiger partial charge in [-0.25, -0.2) is 9.97 Å². The highest BCUT2D eigenvalue weighted by Crippen LogP contribution is 2.29. The number of halogens is 1. The summed E-state index contributed by atoms with van der Waals surface area (Å²) in [6, 6.07) is 16.5. The highest BCUT2D eigenvalue weighted by atomic mass is 35.5. The number of nitrogens with zero attached hydrogens (tertiary/aromatic N) is 3. The predicted octanol–water partition coefficient (Wildman–Crippen LogP) is 5.33. The van der Waals surface area contributed by atoms with Crippen molar-refractivity contribution in [3.8, 4) is 11.3 Å². The van der Waals surface area contributed by atoms with Crippen molar-refractivity contribution < 1.29 is 0 Å². The molecule has 4 rings (SSSR count). The minimum Gasteiger partial charge on any atom is -0.324 e. The lowest BCUT2D eigenvalue weighted by molar-refractivity contribution is 0.306. The molecule has 1 aliphatic rings. The molecule has 0 unspecified atom stereocenters. The molecule has 0 radical (unpaired) electrons. The van der Waals surface area contributed by atoms with Crippen LogP contribution in [-0.2, 0) is 12.0 Å². The number of aromatic nitrogens is 2. The Morgan fingerprint density at radius 3 is 2.41 bits per heavy atom. The second-order valence-electron chi connectivity index (χ2n) is 8.72. The quantitative estimate of drug-likeness (QED) is 0.489. The number of nitrogens with two attached hydrogens (primary N) is 1. The molecular weight excluding hydrogens is 438 g/mol. The van der Waals surface area contributed by atoms with Crippen LogP contribution >= 0.6 is 23.4 Å².